The van der Waals surface area contributed by atoms with Crippen LogP contribution in [-0.4, -0.2) is 35.7 Å². The number of carbonyl (C=O) groups excluding carboxylic acids is 2. The Bertz CT molecular complexity index is 902. The fraction of sp³-hybridized carbons (Fsp3) is 0.417. The molecule has 1 aliphatic heterocycles. The van der Waals surface area contributed by atoms with Crippen molar-refractivity contribution in [3.05, 3.63) is 70.8 Å². The molecule has 166 valence electrons. The van der Waals surface area contributed by atoms with Crippen LogP contribution in [0.25, 0.3) is 0 Å². The summed E-state index contributed by atoms with van der Waals surface area (Å²) in [6, 6.07) is 12.7. The van der Waals surface area contributed by atoms with Crippen molar-refractivity contribution in [2.24, 2.45) is 0 Å². The van der Waals surface area contributed by atoms with Crippen LogP contribution >= 0.6 is 0 Å². The molecular formula is C24H27F3N2O2. The van der Waals surface area contributed by atoms with E-state index in [9.17, 15) is 22.8 Å². The van der Waals surface area contributed by atoms with Gasteiger partial charge in [-0.15, -0.1) is 0 Å². The van der Waals surface area contributed by atoms with Crippen molar-refractivity contribution >= 4 is 11.7 Å². The number of hydrogen-bond donors (Lipinski definition) is 1. The van der Waals surface area contributed by atoms with E-state index in [1.54, 1.807) is 18.2 Å². The first-order valence-electron chi connectivity index (χ1n) is 10.5. The quantitative estimate of drug-likeness (QED) is 0.642. The Morgan fingerprint density at radius 1 is 1.03 bits per heavy atom. The molecule has 1 N–H and O–H groups in total. The van der Waals surface area contributed by atoms with E-state index in [-0.39, 0.29) is 30.6 Å². The van der Waals surface area contributed by atoms with E-state index in [0.29, 0.717) is 30.8 Å². The third kappa shape index (κ3) is 6.92. The van der Waals surface area contributed by atoms with Gasteiger partial charge in [-0.3, -0.25) is 14.5 Å². The summed E-state index contributed by atoms with van der Waals surface area (Å²) >= 11 is 0. The first kappa shape index (κ1) is 23.0. The Morgan fingerprint density at radius 3 is 2.35 bits per heavy atom. The maximum Gasteiger partial charge on any atom is 0.416 e. The van der Waals surface area contributed by atoms with Crippen LogP contribution in [0.15, 0.2) is 48.5 Å². The second-order valence-corrected chi connectivity index (χ2v) is 8.11. The number of nitrogens with one attached hydrogen (secondary N) is 1. The minimum absolute atomic E-state index is 0.0275. The van der Waals surface area contributed by atoms with E-state index in [4.69, 9.17) is 0 Å². The van der Waals surface area contributed by atoms with Crippen LogP contribution in [0, 0.1) is 6.92 Å². The van der Waals surface area contributed by atoms with E-state index in [2.05, 4.69) is 10.2 Å². The topological polar surface area (TPSA) is 49.4 Å². The van der Waals surface area contributed by atoms with E-state index in [0.717, 1.165) is 24.5 Å². The molecule has 0 aromatic heterocycles. The SMILES string of the molecule is Cc1ccc(C(=O)CCC(=O)NC2CCN(Cc3cccc(C(F)(F)F)c3)CC2)cc1. The van der Waals surface area contributed by atoms with Crippen molar-refractivity contribution in [1.82, 2.24) is 10.2 Å². The number of Topliss-reactive ketones (excluding diaryl/α,β-unsaturated/α-hetero) is 1. The van der Waals surface area contributed by atoms with E-state index < -0.39 is 11.7 Å². The summed E-state index contributed by atoms with van der Waals surface area (Å²) in [5.41, 5.74) is 1.69. The zero-order valence-corrected chi connectivity index (χ0v) is 17.5. The molecule has 7 heteroatoms. The Hall–Kier alpha value is -2.67. The van der Waals surface area contributed by atoms with Crippen LogP contribution < -0.4 is 5.32 Å². The van der Waals surface area contributed by atoms with Crippen LogP contribution in [0.2, 0.25) is 0 Å². The van der Waals surface area contributed by atoms with Crippen molar-refractivity contribution < 1.29 is 22.8 Å². The average molecular weight is 432 g/mol. The molecule has 2 aromatic rings. The number of aryl methyl sites for hydroxylation is 1. The predicted molar refractivity (Wildman–Crippen MR) is 113 cm³/mol. The largest absolute Gasteiger partial charge is 0.416 e. The molecule has 1 aliphatic rings. The molecule has 0 unspecified atom stereocenters. The molecule has 31 heavy (non-hydrogen) atoms. The molecule has 0 aliphatic carbocycles. The first-order valence-corrected chi connectivity index (χ1v) is 10.5. The van der Waals surface area contributed by atoms with E-state index in [1.165, 1.54) is 12.1 Å². The second kappa shape index (κ2) is 10.1. The van der Waals surface area contributed by atoms with Crippen molar-refractivity contribution in [1.29, 1.82) is 0 Å². The summed E-state index contributed by atoms with van der Waals surface area (Å²) in [7, 11) is 0. The maximum absolute atomic E-state index is 12.9. The van der Waals surface area contributed by atoms with Gasteiger partial charge in [0, 0.05) is 44.1 Å². The zero-order chi connectivity index (χ0) is 22.4. The Kier molecular flexibility index (Phi) is 7.49. The molecule has 1 amide bonds. The number of amides is 1. The molecule has 0 bridgehead atoms. The highest BCUT2D eigenvalue weighted by molar-refractivity contribution is 5.97. The molecule has 0 atom stereocenters. The van der Waals surface area contributed by atoms with Gasteiger partial charge in [-0.2, -0.15) is 13.2 Å². The third-order valence-electron chi connectivity index (χ3n) is 5.57. The van der Waals surface area contributed by atoms with Crippen molar-refractivity contribution in [2.75, 3.05) is 13.1 Å². The van der Waals surface area contributed by atoms with E-state index in [1.807, 2.05) is 19.1 Å². The molecule has 1 saturated heterocycles. The number of rotatable bonds is 7. The summed E-state index contributed by atoms with van der Waals surface area (Å²) < 4.78 is 38.6. The first-order chi connectivity index (χ1) is 14.7. The molecule has 3 rings (SSSR count). The minimum atomic E-state index is -4.34. The summed E-state index contributed by atoms with van der Waals surface area (Å²) in [6.07, 6.45) is -2.55. The molecule has 0 radical (unpaired) electrons. The molecule has 0 saturated carbocycles. The number of piperidine rings is 1. The number of nitrogens with zero attached hydrogens (tertiary/aromatic N) is 1. The number of halogens is 3. The fourth-order valence-corrected chi connectivity index (χ4v) is 3.75. The normalized spacial score (nSPS) is 15.6. The van der Waals surface area contributed by atoms with Gasteiger partial charge in [0.2, 0.25) is 5.91 Å². The van der Waals surface area contributed by atoms with Gasteiger partial charge in [0.05, 0.1) is 5.56 Å². The highest BCUT2D eigenvalue weighted by atomic mass is 19.4. The van der Waals surface area contributed by atoms with Gasteiger partial charge in [-0.1, -0.05) is 48.0 Å². The zero-order valence-electron chi connectivity index (χ0n) is 17.5. The standard InChI is InChI=1S/C24H27F3N2O2/c1-17-5-7-19(8-6-17)22(30)9-10-23(31)28-21-11-13-29(14-12-21)16-18-3-2-4-20(15-18)24(25,26)27/h2-8,15,21H,9-14,16H2,1H3,(H,28,31). The van der Waals surface area contributed by atoms with Gasteiger partial charge in [0.15, 0.2) is 5.78 Å². The molecule has 0 spiro atoms. The van der Waals surface area contributed by atoms with Gasteiger partial charge in [0.25, 0.3) is 0 Å². The van der Waals surface area contributed by atoms with Crippen LogP contribution in [0.5, 0.6) is 0 Å². The highest BCUT2D eigenvalue weighted by Gasteiger charge is 2.30. The van der Waals surface area contributed by atoms with Gasteiger partial charge in [-0.05, 0) is 31.4 Å². The summed E-state index contributed by atoms with van der Waals surface area (Å²) in [6.45, 7) is 3.80. The van der Waals surface area contributed by atoms with Crippen molar-refractivity contribution in [3.8, 4) is 0 Å². The second-order valence-electron chi connectivity index (χ2n) is 8.11. The van der Waals surface area contributed by atoms with Gasteiger partial charge < -0.3 is 5.32 Å². The van der Waals surface area contributed by atoms with Crippen LogP contribution in [0.3, 0.4) is 0 Å². The lowest BCUT2D eigenvalue weighted by Crippen LogP contribution is -2.44. The fourth-order valence-electron chi connectivity index (χ4n) is 3.75. The predicted octanol–water partition coefficient (Wildman–Crippen LogP) is 4.76. The van der Waals surface area contributed by atoms with Gasteiger partial charge in [-0.25, -0.2) is 0 Å². The number of carbonyl (C=O) groups is 2. The number of hydrogen-bond acceptors (Lipinski definition) is 3. The molecule has 1 fully saturated rings. The lowest BCUT2D eigenvalue weighted by atomic mass is 10.0. The van der Waals surface area contributed by atoms with Crippen LogP contribution in [-0.2, 0) is 17.5 Å². The Labute approximate surface area is 180 Å². The average Bonchev–Trinajstić information content (AvgIpc) is 2.73. The monoisotopic (exact) mass is 432 g/mol. The lowest BCUT2D eigenvalue weighted by Gasteiger charge is -2.32. The number of alkyl halides is 3. The van der Waals surface area contributed by atoms with Crippen molar-refractivity contribution in [2.45, 2.75) is 51.4 Å². The van der Waals surface area contributed by atoms with E-state index >= 15 is 0 Å². The summed E-state index contributed by atoms with van der Waals surface area (Å²) in [5, 5.41) is 2.98. The number of benzene rings is 2. The lowest BCUT2D eigenvalue weighted by molar-refractivity contribution is -0.137. The van der Waals surface area contributed by atoms with Gasteiger partial charge >= 0.3 is 6.18 Å². The molecular weight excluding hydrogens is 405 g/mol. The van der Waals surface area contributed by atoms with Gasteiger partial charge in [0.1, 0.15) is 0 Å². The Morgan fingerprint density at radius 2 is 1.71 bits per heavy atom. The smallest absolute Gasteiger partial charge is 0.353 e. The minimum Gasteiger partial charge on any atom is -0.353 e. The molecule has 1 heterocycles. The molecule has 4 nitrogen and oxygen atoms in total. The maximum atomic E-state index is 12.9. The van der Waals surface area contributed by atoms with Crippen LogP contribution in [0.4, 0.5) is 13.2 Å². The Balaban J connectivity index is 1.40. The summed E-state index contributed by atoms with van der Waals surface area (Å²) in [4.78, 5) is 26.5. The number of likely N-dealkylation sites (tertiary alicyclic amines) is 1. The highest BCUT2D eigenvalue weighted by Crippen LogP contribution is 2.30. The van der Waals surface area contributed by atoms with Crippen molar-refractivity contribution in [3.63, 3.8) is 0 Å². The number of ketones is 1. The molecule has 2 aromatic carbocycles. The third-order valence-corrected chi connectivity index (χ3v) is 5.57. The van der Waals surface area contributed by atoms with Crippen LogP contribution in [0.1, 0.15) is 52.7 Å². The summed E-state index contributed by atoms with van der Waals surface area (Å²) in [5.74, 6) is -0.192.